The summed E-state index contributed by atoms with van der Waals surface area (Å²) in [5.74, 6) is -0.234. The second kappa shape index (κ2) is 11.7. The number of hydrogen-bond donors (Lipinski definition) is 2. The highest BCUT2D eigenvalue weighted by molar-refractivity contribution is 5.96. The van der Waals surface area contributed by atoms with Crippen LogP contribution in [0, 0.1) is 12.7 Å². The maximum Gasteiger partial charge on any atom is 0.408 e. The largest absolute Gasteiger partial charge is 0.494 e. The number of imidazole rings is 1. The van der Waals surface area contributed by atoms with Gasteiger partial charge in [-0.1, -0.05) is 12.2 Å². The molecule has 226 valence electrons. The lowest BCUT2D eigenvalue weighted by Gasteiger charge is -2.37. The van der Waals surface area contributed by atoms with E-state index >= 15 is 0 Å². The molecule has 2 aromatic heterocycles. The van der Waals surface area contributed by atoms with Crippen molar-refractivity contribution in [2.45, 2.75) is 13.0 Å². The van der Waals surface area contributed by atoms with E-state index in [1.807, 2.05) is 17.4 Å². The summed E-state index contributed by atoms with van der Waals surface area (Å²) in [7, 11) is 1.42. The molecule has 13 heteroatoms. The molecule has 1 unspecified atom stereocenters. The Morgan fingerprint density at radius 2 is 1.82 bits per heavy atom. The van der Waals surface area contributed by atoms with Gasteiger partial charge in [0.15, 0.2) is 23.0 Å². The molecule has 1 saturated heterocycles. The number of rotatable bonds is 6. The van der Waals surface area contributed by atoms with Crippen molar-refractivity contribution in [2.75, 3.05) is 45.2 Å². The van der Waals surface area contributed by atoms with Crippen molar-refractivity contribution in [1.82, 2.24) is 29.1 Å². The summed E-state index contributed by atoms with van der Waals surface area (Å²) in [5, 5.41) is 12.6. The zero-order valence-corrected chi connectivity index (χ0v) is 24.1. The first kappa shape index (κ1) is 28.6. The third kappa shape index (κ3) is 5.27. The van der Waals surface area contributed by atoms with Crippen LogP contribution >= 0.6 is 0 Å². The van der Waals surface area contributed by atoms with Crippen LogP contribution in [0.1, 0.15) is 15.9 Å². The Morgan fingerprint density at radius 1 is 1.05 bits per heavy atom. The van der Waals surface area contributed by atoms with Crippen molar-refractivity contribution < 1.29 is 28.6 Å². The quantitative estimate of drug-likeness (QED) is 0.320. The molecular formula is C31H30FN7O5. The van der Waals surface area contributed by atoms with Gasteiger partial charge in [-0.2, -0.15) is 0 Å². The number of carbonyl (C=O) groups is 3. The summed E-state index contributed by atoms with van der Waals surface area (Å²) >= 11 is 0. The van der Waals surface area contributed by atoms with Gasteiger partial charge in [0, 0.05) is 61.9 Å². The molecule has 0 bridgehead atoms. The van der Waals surface area contributed by atoms with Crippen LogP contribution in [-0.4, -0.2) is 98.0 Å². The van der Waals surface area contributed by atoms with Gasteiger partial charge in [-0.15, -0.1) is 0 Å². The lowest BCUT2D eigenvalue weighted by molar-refractivity contribution is -0.135. The average Bonchev–Trinajstić information content (AvgIpc) is 3.69. The molecule has 12 nitrogen and oxygen atoms in total. The van der Waals surface area contributed by atoms with Crippen molar-refractivity contribution >= 4 is 35.1 Å². The number of fused-ring (bicyclic) bond motifs is 1. The highest BCUT2D eigenvalue weighted by Crippen LogP contribution is 2.29. The minimum Gasteiger partial charge on any atom is -0.494 e. The summed E-state index contributed by atoms with van der Waals surface area (Å²) in [5.41, 5.74) is 3.88. The van der Waals surface area contributed by atoms with Gasteiger partial charge in [-0.05, 0) is 48.9 Å². The van der Waals surface area contributed by atoms with Crippen LogP contribution < -0.4 is 10.1 Å². The summed E-state index contributed by atoms with van der Waals surface area (Å²) in [6.45, 7) is 3.39. The predicted molar refractivity (Wildman–Crippen MR) is 160 cm³/mol. The molecule has 4 aromatic rings. The fraction of sp³-hybridized carbons (Fsp3) is 0.258. The zero-order chi connectivity index (χ0) is 31.0. The Balaban J connectivity index is 1.13. The number of ether oxygens (including phenoxy) is 1. The number of amides is 3. The number of halogens is 1. The zero-order valence-electron chi connectivity index (χ0n) is 24.1. The molecule has 2 aliphatic rings. The van der Waals surface area contributed by atoms with Crippen LogP contribution in [0.15, 0.2) is 67.1 Å². The van der Waals surface area contributed by atoms with Crippen LogP contribution in [0.25, 0.3) is 16.9 Å². The van der Waals surface area contributed by atoms with Crippen LogP contribution in [-0.2, 0) is 4.79 Å². The molecule has 1 atom stereocenters. The Hall–Kier alpha value is -5.46. The maximum atomic E-state index is 14.4. The first-order valence-corrected chi connectivity index (χ1v) is 14.0. The SMILES string of the molecule is COc1ccc(-c2cnc3c(Nc4ccc(C(=O)N5CCN(C(=O)C6C=CCN6C(=O)O)CC5)c(C)c4)nccn23)cc1F. The third-order valence-corrected chi connectivity index (χ3v) is 7.93. The number of aromatic nitrogens is 3. The Kier molecular flexibility index (Phi) is 7.60. The molecule has 3 amide bonds. The normalized spacial score (nSPS) is 16.4. The summed E-state index contributed by atoms with van der Waals surface area (Å²) in [6, 6.07) is 9.30. The van der Waals surface area contributed by atoms with E-state index in [1.54, 1.807) is 64.8 Å². The molecule has 44 heavy (non-hydrogen) atoms. The van der Waals surface area contributed by atoms with Crippen molar-refractivity contribution in [2.24, 2.45) is 0 Å². The van der Waals surface area contributed by atoms with E-state index in [0.717, 1.165) is 10.5 Å². The number of nitrogens with zero attached hydrogens (tertiary/aromatic N) is 6. The van der Waals surface area contributed by atoms with Gasteiger partial charge in [0.1, 0.15) is 6.04 Å². The van der Waals surface area contributed by atoms with E-state index in [0.29, 0.717) is 60.2 Å². The first-order valence-electron chi connectivity index (χ1n) is 14.0. The molecule has 0 saturated carbocycles. The molecule has 0 aliphatic carbocycles. The molecule has 6 rings (SSSR count). The number of anilines is 2. The first-order chi connectivity index (χ1) is 21.2. The number of carbonyl (C=O) groups excluding carboxylic acids is 2. The second-order valence-electron chi connectivity index (χ2n) is 10.5. The average molecular weight is 600 g/mol. The number of piperazine rings is 1. The van der Waals surface area contributed by atoms with Crippen LogP contribution in [0.4, 0.5) is 20.7 Å². The van der Waals surface area contributed by atoms with Gasteiger partial charge < -0.3 is 25.0 Å². The van der Waals surface area contributed by atoms with Crippen LogP contribution in [0.5, 0.6) is 5.75 Å². The van der Waals surface area contributed by atoms with Crippen molar-refractivity contribution in [1.29, 1.82) is 0 Å². The molecule has 0 radical (unpaired) electrons. The van der Waals surface area contributed by atoms with Crippen molar-refractivity contribution in [3.05, 3.63) is 84.1 Å². The summed E-state index contributed by atoms with van der Waals surface area (Å²) in [4.78, 5) is 51.1. The number of hydrogen-bond acceptors (Lipinski definition) is 7. The smallest absolute Gasteiger partial charge is 0.408 e. The minimum atomic E-state index is -1.14. The number of carboxylic acid groups (broad SMARTS) is 1. The van der Waals surface area contributed by atoms with Crippen molar-refractivity contribution in [3.8, 4) is 17.0 Å². The van der Waals surface area contributed by atoms with Gasteiger partial charge >= 0.3 is 6.09 Å². The van der Waals surface area contributed by atoms with Crippen molar-refractivity contribution in [3.63, 3.8) is 0 Å². The van der Waals surface area contributed by atoms with E-state index in [-0.39, 0.29) is 24.1 Å². The molecule has 2 N–H and O–H groups in total. The summed E-state index contributed by atoms with van der Waals surface area (Å²) in [6.07, 6.45) is 7.16. The second-order valence-corrected chi connectivity index (χ2v) is 10.5. The molecule has 4 heterocycles. The molecule has 0 spiro atoms. The fourth-order valence-corrected chi connectivity index (χ4v) is 5.59. The molecule has 2 aromatic carbocycles. The minimum absolute atomic E-state index is 0.140. The number of nitrogens with one attached hydrogen (secondary N) is 1. The standard InChI is InChI=1S/C31H30FN7O5/c1-19-16-21(35-27-28-34-18-25(38(28)11-9-33-27)20-5-8-26(44-2)23(32)17-20)6-7-22(19)29(40)36-12-14-37(15-13-36)30(41)24-4-3-10-39(24)31(42)43/h3-9,11,16-18,24H,10,12-15H2,1-2H3,(H,33,35)(H,42,43). The molecular weight excluding hydrogens is 569 g/mol. The highest BCUT2D eigenvalue weighted by atomic mass is 19.1. The van der Waals surface area contributed by atoms with Gasteiger partial charge in [0.2, 0.25) is 5.91 Å². The van der Waals surface area contributed by atoms with Gasteiger partial charge in [0.25, 0.3) is 5.91 Å². The Morgan fingerprint density at radius 3 is 2.52 bits per heavy atom. The predicted octanol–water partition coefficient (Wildman–Crippen LogP) is 3.80. The van der Waals surface area contributed by atoms with E-state index < -0.39 is 18.0 Å². The topological polar surface area (TPSA) is 133 Å². The molecule has 1 fully saturated rings. The lowest BCUT2D eigenvalue weighted by Crippen LogP contribution is -2.55. The summed E-state index contributed by atoms with van der Waals surface area (Å²) < 4.78 is 21.2. The fourth-order valence-electron chi connectivity index (χ4n) is 5.59. The van der Waals surface area contributed by atoms with Gasteiger partial charge in [-0.25, -0.2) is 19.2 Å². The maximum absolute atomic E-state index is 14.4. The number of methoxy groups -OCH3 is 1. The third-order valence-electron chi connectivity index (χ3n) is 7.93. The number of benzene rings is 2. The van der Waals surface area contributed by atoms with Crippen LogP contribution in [0.2, 0.25) is 0 Å². The lowest BCUT2D eigenvalue weighted by atomic mass is 10.1. The van der Waals surface area contributed by atoms with E-state index in [9.17, 15) is 23.9 Å². The van der Waals surface area contributed by atoms with Gasteiger partial charge in [-0.3, -0.25) is 18.9 Å². The monoisotopic (exact) mass is 599 g/mol. The van der Waals surface area contributed by atoms with E-state index in [2.05, 4.69) is 15.3 Å². The Bertz CT molecular complexity index is 1800. The highest BCUT2D eigenvalue weighted by Gasteiger charge is 2.35. The van der Waals surface area contributed by atoms with E-state index in [1.165, 1.54) is 13.2 Å². The molecule has 2 aliphatic heterocycles. The number of aryl methyl sites for hydroxylation is 1. The van der Waals surface area contributed by atoms with Crippen LogP contribution in [0.3, 0.4) is 0 Å². The Labute approximate surface area is 252 Å². The van der Waals surface area contributed by atoms with E-state index in [4.69, 9.17) is 4.74 Å². The van der Waals surface area contributed by atoms with Gasteiger partial charge in [0.05, 0.1) is 19.0 Å².